The molecule has 3 N–H and O–H groups in total. The zero-order chi connectivity index (χ0) is 13.1. The van der Waals surface area contributed by atoms with Crippen molar-refractivity contribution in [3.63, 3.8) is 0 Å². The van der Waals surface area contributed by atoms with Crippen LogP contribution in [0.25, 0.3) is 0 Å². The Morgan fingerprint density at radius 2 is 2.17 bits per heavy atom. The summed E-state index contributed by atoms with van der Waals surface area (Å²) < 4.78 is 0. The van der Waals surface area contributed by atoms with E-state index in [2.05, 4.69) is 16.9 Å². The lowest BCUT2D eigenvalue weighted by molar-refractivity contribution is 0.977. The molecule has 0 spiro atoms. The van der Waals surface area contributed by atoms with Crippen molar-refractivity contribution in [3.8, 4) is 0 Å². The number of pyridine rings is 2. The van der Waals surface area contributed by atoms with Crippen LogP contribution in [0.1, 0.15) is 29.3 Å². The predicted octanol–water partition coefficient (Wildman–Crippen LogP) is 1.81. The van der Waals surface area contributed by atoms with Crippen LogP contribution in [0.5, 0.6) is 0 Å². The van der Waals surface area contributed by atoms with Gasteiger partial charge in [0.2, 0.25) is 0 Å². The van der Waals surface area contributed by atoms with Gasteiger partial charge in [-0.3, -0.25) is 9.78 Å². The number of nitrogen functional groups attached to an aromatic ring is 1. The summed E-state index contributed by atoms with van der Waals surface area (Å²) in [6, 6.07) is 3.87. The number of aromatic nitrogens is 2. The molecule has 0 aliphatic carbocycles. The third-order valence-corrected chi connectivity index (χ3v) is 3.14. The number of nitrogens with two attached hydrogens (primary N) is 1. The molecule has 0 aromatic carbocycles. The van der Waals surface area contributed by atoms with Crippen LogP contribution in [0, 0.1) is 6.92 Å². The lowest BCUT2D eigenvalue weighted by atomic mass is 9.97. The van der Waals surface area contributed by atoms with Crippen LogP contribution >= 0.6 is 0 Å². The molecule has 18 heavy (non-hydrogen) atoms. The van der Waals surface area contributed by atoms with Crippen LogP contribution in [-0.4, -0.2) is 9.97 Å². The predicted molar refractivity (Wildman–Crippen MR) is 72.6 cm³/mol. The van der Waals surface area contributed by atoms with E-state index < -0.39 is 0 Å². The van der Waals surface area contributed by atoms with Gasteiger partial charge in [0.15, 0.2) is 0 Å². The van der Waals surface area contributed by atoms with Gasteiger partial charge in [0, 0.05) is 24.5 Å². The molecule has 0 aliphatic rings. The third kappa shape index (κ3) is 2.27. The van der Waals surface area contributed by atoms with Gasteiger partial charge in [-0.2, -0.15) is 0 Å². The molecule has 4 nitrogen and oxygen atoms in total. The highest BCUT2D eigenvalue weighted by Gasteiger charge is 2.12. The Morgan fingerprint density at radius 1 is 1.39 bits per heavy atom. The maximum atomic E-state index is 11.7. The number of aromatic amines is 1. The third-order valence-electron chi connectivity index (χ3n) is 3.14. The van der Waals surface area contributed by atoms with E-state index in [1.54, 1.807) is 12.4 Å². The van der Waals surface area contributed by atoms with E-state index in [0.29, 0.717) is 12.1 Å². The van der Waals surface area contributed by atoms with Crippen LogP contribution in [0.2, 0.25) is 0 Å². The molecule has 94 valence electrons. The summed E-state index contributed by atoms with van der Waals surface area (Å²) >= 11 is 0. The molecule has 0 saturated heterocycles. The second-order valence-corrected chi connectivity index (χ2v) is 4.34. The Morgan fingerprint density at radius 3 is 2.78 bits per heavy atom. The molecule has 2 aromatic heterocycles. The molecular formula is C14H17N3O. The molecule has 2 rings (SSSR count). The number of aryl methyl sites for hydroxylation is 1. The minimum Gasteiger partial charge on any atom is -0.394 e. The van der Waals surface area contributed by atoms with E-state index >= 15 is 0 Å². The first-order chi connectivity index (χ1) is 8.63. The summed E-state index contributed by atoms with van der Waals surface area (Å²) in [4.78, 5) is 18.6. The molecule has 2 aromatic rings. The largest absolute Gasteiger partial charge is 0.394 e. The second-order valence-electron chi connectivity index (χ2n) is 4.34. The SMILES string of the molecule is CCc1c(C)[nH]c(=O)c(N)c1Cc1cccnc1. The van der Waals surface area contributed by atoms with Gasteiger partial charge in [-0.05, 0) is 36.1 Å². The number of hydrogen-bond donors (Lipinski definition) is 2. The fourth-order valence-corrected chi connectivity index (χ4v) is 2.23. The van der Waals surface area contributed by atoms with Gasteiger partial charge in [-0.25, -0.2) is 0 Å². The number of anilines is 1. The van der Waals surface area contributed by atoms with E-state index in [9.17, 15) is 4.79 Å². The first-order valence-electron chi connectivity index (χ1n) is 6.02. The van der Waals surface area contributed by atoms with Crippen molar-refractivity contribution >= 4 is 5.69 Å². The van der Waals surface area contributed by atoms with Crippen molar-refractivity contribution in [3.05, 3.63) is 57.3 Å². The van der Waals surface area contributed by atoms with Gasteiger partial charge < -0.3 is 10.7 Å². The van der Waals surface area contributed by atoms with Gasteiger partial charge in [0.05, 0.1) is 0 Å². The van der Waals surface area contributed by atoms with Crippen molar-refractivity contribution in [1.29, 1.82) is 0 Å². The highest BCUT2D eigenvalue weighted by Crippen LogP contribution is 2.20. The van der Waals surface area contributed by atoms with Gasteiger partial charge >= 0.3 is 0 Å². The summed E-state index contributed by atoms with van der Waals surface area (Å²) in [5, 5.41) is 0. The second kappa shape index (κ2) is 5.04. The van der Waals surface area contributed by atoms with Gasteiger partial charge in [0.25, 0.3) is 5.56 Å². The van der Waals surface area contributed by atoms with Gasteiger partial charge in [0.1, 0.15) is 5.69 Å². The smallest absolute Gasteiger partial charge is 0.271 e. The quantitative estimate of drug-likeness (QED) is 0.863. The van der Waals surface area contributed by atoms with Crippen molar-refractivity contribution in [2.45, 2.75) is 26.7 Å². The first-order valence-corrected chi connectivity index (χ1v) is 6.02. The van der Waals surface area contributed by atoms with Crippen LogP contribution in [0.4, 0.5) is 5.69 Å². The zero-order valence-electron chi connectivity index (χ0n) is 10.7. The molecule has 0 radical (unpaired) electrons. The molecule has 0 aliphatic heterocycles. The Kier molecular flexibility index (Phi) is 3.46. The highest BCUT2D eigenvalue weighted by molar-refractivity contribution is 5.52. The minimum atomic E-state index is -0.205. The standard InChI is InChI=1S/C14H17N3O/c1-3-11-9(2)17-14(18)13(15)12(11)7-10-5-4-6-16-8-10/h4-6,8H,3,7,15H2,1-2H3,(H,17,18). The van der Waals surface area contributed by atoms with E-state index in [1.807, 2.05) is 19.1 Å². The molecule has 0 fully saturated rings. The van der Waals surface area contributed by atoms with E-state index in [0.717, 1.165) is 28.8 Å². The van der Waals surface area contributed by atoms with Crippen LogP contribution in [0.15, 0.2) is 29.3 Å². The fourth-order valence-electron chi connectivity index (χ4n) is 2.23. The molecule has 0 saturated carbocycles. The Bertz CT molecular complexity index is 602. The van der Waals surface area contributed by atoms with Crippen LogP contribution < -0.4 is 11.3 Å². The number of nitrogens with zero attached hydrogens (tertiary/aromatic N) is 1. The maximum absolute atomic E-state index is 11.7. The monoisotopic (exact) mass is 243 g/mol. The number of rotatable bonds is 3. The molecule has 2 heterocycles. The molecule has 4 heteroatoms. The van der Waals surface area contributed by atoms with Gasteiger partial charge in [-0.15, -0.1) is 0 Å². The van der Waals surface area contributed by atoms with Crippen LogP contribution in [-0.2, 0) is 12.8 Å². The molecule has 0 amide bonds. The van der Waals surface area contributed by atoms with Gasteiger partial charge in [-0.1, -0.05) is 13.0 Å². The molecule has 0 atom stereocenters. The molecular weight excluding hydrogens is 226 g/mol. The lowest BCUT2D eigenvalue weighted by Crippen LogP contribution is -2.19. The van der Waals surface area contributed by atoms with E-state index in [4.69, 9.17) is 5.73 Å². The average Bonchev–Trinajstić information content (AvgIpc) is 2.37. The average molecular weight is 243 g/mol. The summed E-state index contributed by atoms with van der Waals surface area (Å²) in [5.41, 5.74) is 10.0. The number of H-pyrrole nitrogens is 1. The number of hydrogen-bond acceptors (Lipinski definition) is 3. The summed E-state index contributed by atoms with van der Waals surface area (Å²) in [6.07, 6.45) is 5.03. The fraction of sp³-hybridized carbons (Fsp3) is 0.286. The Hall–Kier alpha value is -2.10. The Labute approximate surface area is 106 Å². The number of nitrogens with one attached hydrogen (secondary N) is 1. The maximum Gasteiger partial charge on any atom is 0.271 e. The minimum absolute atomic E-state index is 0.205. The first kappa shape index (κ1) is 12.4. The van der Waals surface area contributed by atoms with Crippen molar-refractivity contribution in [1.82, 2.24) is 9.97 Å². The van der Waals surface area contributed by atoms with E-state index in [-0.39, 0.29) is 5.56 Å². The van der Waals surface area contributed by atoms with Crippen molar-refractivity contribution in [2.24, 2.45) is 0 Å². The normalized spacial score (nSPS) is 10.6. The zero-order valence-corrected chi connectivity index (χ0v) is 10.7. The highest BCUT2D eigenvalue weighted by atomic mass is 16.1. The summed E-state index contributed by atoms with van der Waals surface area (Å²) in [6.45, 7) is 3.97. The topological polar surface area (TPSA) is 71.8 Å². The molecule has 0 bridgehead atoms. The van der Waals surface area contributed by atoms with E-state index in [1.165, 1.54) is 0 Å². The summed E-state index contributed by atoms with van der Waals surface area (Å²) in [5.74, 6) is 0. The molecule has 0 unspecified atom stereocenters. The van der Waals surface area contributed by atoms with Crippen molar-refractivity contribution in [2.75, 3.05) is 5.73 Å². The van der Waals surface area contributed by atoms with Crippen LogP contribution in [0.3, 0.4) is 0 Å². The summed E-state index contributed by atoms with van der Waals surface area (Å²) in [7, 11) is 0. The Balaban J connectivity index is 2.53. The van der Waals surface area contributed by atoms with Crippen molar-refractivity contribution < 1.29 is 0 Å². The lowest BCUT2D eigenvalue weighted by Gasteiger charge is -2.13.